The molecule has 0 saturated carbocycles. The maximum atomic E-state index is 12.7. The number of nitrogens with zero attached hydrogens (tertiary/aromatic N) is 3. The molecule has 0 radical (unpaired) electrons. The zero-order valence-corrected chi connectivity index (χ0v) is 15.9. The molecule has 3 rings (SSSR count). The van der Waals surface area contributed by atoms with Crippen molar-refractivity contribution in [3.05, 3.63) is 34.9 Å². The van der Waals surface area contributed by atoms with Crippen LogP contribution >= 0.6 is 22.9 Å². The molecule has 1 aromatic heterocycles. The van der Waals surface area contributed by atoms with Crippen molar-refractivity contribution >= 4 is 44.0 Å². The van der Waals surface area contributed by atoms with E-state index in [1.54, 1.807) is 24.3 Å². The van der Waals surface area contributed by atoms with Crippen molar-refractivity contribution in [3.8, 4) is 0 Å². The number of piperidine rings is 1. The molecule has 2 heterocycles. The van der Waals surface area contributed by atoms with Crippen molar-refractivity contribution in [2.45, 2.75) is 24.1 Å². The highest BCUT2D eigenvalue weighted by Gasteiger charge is 2.32. The van der Waals surface area contributed by atoms with E-state index in [-0.39, 0.29) is 15.0 Å². The number of rotatable bonds is 4. The molecule has 1 aliphatic heterocycles. The Morgan fingerprint density at radius 2 is 2.12 bits per heavy atom. The van der Waals surface area contributed by atoms with Gasteiger partial charge in [-0.3, -0.25) is 10.1 Å². The van der Waals surface area contributed by atoms with Gasteiger partial charge in [0.1, 0.15) is 0 Å². The number of sulfonamides is 1. The predicted molar refractivity (Wildman–Crippen MR) is 96.5 cm³/mol. The summed E-state index contributed by atoms with van der Waals surface area (Å²) in [5.41, 5.74) is 0.286. The monoisotopic (exact) mass is 400 g/mol. The van der Waals surface area contributed by atoms with Crippen molar-refractivity contribution in [1.29, 1.82) is 0 Å². The first-order valence-corrected chi connectivity index (χ1v) is 10.4. The van der Waals surface area contributed by atoms with Gasteiger partial charge in [-0.1, -0.05) is 42.0 Å². The molecule has 1 fully saturated rings. The number of carbonyl (C=O) groups excluding carboxylic acids is 1. The van der Waals surface area contributed by atoms with Crippen LogP contribution in [-0.2, 0) is 10.0 Å². The number of carbonyl (C=O) groups is 1. The molecule has 2 aromatic rings. The third-order valence-electron chi connectivity index (χ3n) is 3.93. The van der Waals surface area contributed by atoms with Gasteiger partial charge in [-0.25, -0.2) is 8.42 Å². The summed E-state index contributed by atoms with van der Waals surface area (Å²) in [7, 11) is -3.68. The molecule has 0 bridgehead atoms. The second-order valence-electron chi connectivity index (χ2n) is 5.92. The molecule has 1 aromatic carbocycles. The quantitative estimate of drug-likeness (QED) is 0.796. The van der Waals surface area contributed by atoms with Gasteiger partial charge in [0, 0.05) is 13.1 Å². The van der Waals surface area contributed by atoms with Crippen molar-refractivity contribution < 1.29 is 13.2 Å². The number of hydrogen-bond acceptors (Lipinski definition) is 6. The molecule has 25 heavy (non-hydrogen) atoms. The molecule has 1 atom stereocenters. The Kier molecular flexibility index (Phi) is 5.38. The van der Waals surface area contributed by atoms with Crippen LogP contribution in [0.3, 0.4) is 0 Å². The minimum Gasteiger partial charge on any atom is -0.296 e. The molecule has 7 nitrogen and oxygen atoms in total. The lowest BCUT2D eigenvalue weighted by Gasteiger charge is -2.28. The van der Waals surface area contributed by atoms with Gasteiger partial charge in [0.15, 0.2) is 0 Å². The summed E-state index contributed by atoms with van der Waals surface area (Å²) in [5, 5.41) is 10.5. The van der Waals surface area contributed by atoms with Crippen LogP contribution in [0.1, 0.15) is 30.1 Å². The van der Waals surface area contributed by atoms with E-state index in [2.05, 4.69) is 15.5 Å². The van der Waals surface area contributed by atoms with E-state index in [0.717, 1.165) is 24.2 Å². The molecule has 10 heteroatoms. The van der Waals surface area contributed by atoms with Crippen LogP contribution < -0.4 is 5.32 Å². The van der Waals surface area contributed by atoms with Crippen LogP contribution in [0.5, 0.6) is 0 Å². The van der Waals surface area contributed by atoms with Gasteiger partial charge in [-0.2, -0.15) is 4.31 Å². The molecule has 0 spiro atoms. The van der Waals surface area contributed by atoms with Gasteiger partial charge < -0.3 is 0 Å². The molecule has 1 aliphatic rings. The maximum absolute atomic E-state index is 12.7. The Labute approximate surface area is 155 Å². The van der Waals surface area contributed by atoms with E-state index in [9.17, 15) is 13.2 Å². The predicted octanol–water partition coefficient (Wildman–Crippen LogP) is 2.86. The first kappa shape index (κ1) is 18.2. The van der Waals surface area contributed by atoms with Crippen LogP contribution in [0.2, 0.25) is 5.02 Å². The van der Waals surface area contributed by atoms with Crippen molar-refractivity contribution in [3.63, 3.8) is 0 Å². The Hall–Kier alpha value is -1.55. The largest absolute Gasteiger partial charge is 0.296 e. The second kappa shape index (κ2) is 7.36. The Bertz CT molecular complexity index is 884. The number of benzene rings is 1. The topological polar surface area (TPSA) is 92.3 Å². The molecule has 0 aliphatic carbocycles. The standard InChI is InChI=1S/C15H17ClN4O3S2/c1-10-5-4-8-20(9-10)25(22,23)15-19-18-14(24-15)17-13(21)11-6-2-3-7-12(11)16/h2-3,6-7,10H,4-5,8-9H2,1H3,(H,17,18,21). The normalized spacial score (nSPS) is 18.9. The summed E-state index contributed by atoms with van der Waals surface area (Å²) in [6, 6.07) is 6.58. The van der Waals surface area contributed by atoms with Crippen molar-refractivity contribution in [2.24, 2.45) is 5.92 Å². The minimum atomic E-state index is -3.68. The van der Waals surface area contributed by atoms with Crippen LogP contribution in [0.25, 0.3) is 0 Å². The van der Waals surface area contributed by atoms with Gasteiger partial charge in [0.2, 0.25) is 9.47 Å². The van der Waals surface area contributed by atoms with E-state index in [4.69, 9.17) is 11.6 Å². The van der Waals surface area contributed by atoms with Gasteiger partial charge >= 0.3 is 0 Å². The fourth-order valence-electron chi connectivity index (χ4n) is 2.65. The van der Waals surface area contributed by atoms with Gasteiger partial charge in [-0.15, -0.1) is 10.2 Å². The molecule has 1 amide bonds. The van der Waals surface area contributed by atoms with E-state index in [1.165, 1.54) is 4.31 Å². The number of hydrogen-bond donors (Lipinski definition) is 1. The van der Waals surface area contributed by atoms with Crippen LogP contribution in [-0.4, -0.2) is 41.9 Å². The van der Waals surface area contributed by atoms with E-state index < -0.39 is 15.9 Å². The highest BCUT2D eigenvalue weighted by Crippen LogP contribution is 2.27. The molecule has 1 unspecified atom stereocenters. The van der Waals surface area contributed by atoms with E-state index in [1.807, 2.05) is 6.92 Å². The first-order valence-electron chi connectivity index (χ1n) is 7.77. The molecule has 134 valence electrons. The third-order valence-corrected chi connectivity index (χ3v) is 7.30. The number of anilines is 1. The Morgan fingerprint density at radius 3 is 2.84 bits per heavy atom. The zero-order chi connectivity index (χ0) is 18.0. The summed E-state index contributed by atoms with van der Waals surface area (Å²) >= 11 is 6.82. The van der Waals surface area contributed by atoms with Crippen LogP contribution in [0.15, 0.2) is 28.6 Å². The third kappa shape index (κ3) is 4.00. The Morgan fingerprint density at radius 1 is 1.36 bits per heavy atom. The first-order chi connectivity index (χ1) is 11.9. The maximum Gasteiger partial charge on any atom is 0.272 e. The SMILES string of the molecule is CC1CCCN(S(=O)(=O)c2nnc(NC(=O)c3ccccc3Cl)s2)C1. The van der Waals surface area contributed by atoms with E-state index >= 15 is 0 Å². The summed E-state index contributed by atoms with van der Waals surface area (Å²) < 4.78 is 26.6. The summed E-state index contributed by atoms with van der Waals surface area (Å²) in [6.07, 6.45) is 1.84. The van der Waals surface area contributed by atoms with Crippen LogP contribution in [0, 0.1) is 5.92 Å². The molecular weight excluding hydrogens is 384 g/mol. The molecule has 1 saturated heterocycles. The lowest BCUT2D eigenvalue weighted by molar-refractivity contribution is 0.102. The Balaban J connectivity index is 1.76. The van der Waals surface area contributed by atoms with Gasteiger partial charge in [0.05, 0.1) is 10.6 Å². The number of amides is 1. The molecular formula is C15H17ClN4O3S2. The van der Waals surface area contributed by atoms with Crippen molar-refractivity contribution in [2.75, 3.05) is 18.4 Å². The average molecular weight is 401 g/mol. The lowest BCUT2D eigenvalue weighted by Crippen LogP contribution is -2.39. The fourth-order valence-corrected chi connectivity index (χ4v) is 5.50. The number of aromatic nitrogens is 2. The lowest BCUT2D eigenvalue weighted by atomic mass is 10.0. The average Bonchev–Trinajstić information content (AvgIpc) is 3.04. The second-order valence-corrected chi connectivity index (χ2v) is 9.41. The fraction of sp³-hybridized carbons (Fsp3) is 0.400. The van der Waals surface area contributed by atoms with Gasteiger partial charge in [0.25, 0.3) is 15.9 Å². The minimum absolute atomic E-state index is 0.115. The van der Waals surface area contributed by atoms with Crippen molar-refractivity contribution in [1.82, 2.24) is 14.5 Å². The summed E-state index contributed by atoms with van der Waals surface area (Å²) in [6.45, 7) is 2.98. The van der Waals surface area contributed by atoms with Crippen LogP contribution in [0.4, 0.5) is 5.13 Å². The highest BCUT2D eigenvalue weighted by atomic mass is 35.5. The number of nitrogens with one attached hydrogen (secondary N) is 1. The highest BCUT2D eigenvalue weighted by molar-refractivity contribution is 7.91. The summed E-state index contributed by atoms with van der Waals surface area (Å²) in [5.74, 6) is -0.145. The van der Waals surface area contributed by atoms with Gasteiger partial charge in [-0.05, 0) is 30.9 Å². The van der Waals surface area contributed by atoms with E-state index in [0.29, 0.717) is 24.0 Å². The summed E-state index contributed by atoms with van der Waals surface area (Å²) in [4.78, 5) is 12.2. The number of halogens is 1. The smallest absolute Gasteiger partial charge is 0.272 e. The zero-order valence-electron chi connectivity index (χ0n) is 13.5. The molecule has 1 N–H and O–H groups in total.